The summed E-state index contributed by atoms with van der Waals surface area (Å²) in [5, 5.41) is 11.4. The van der Waals surface area contributed by atoms with Crippen LogP contribution in [0.2, 0.25) is 0 Å². The minimum absolute atomic E-state index is 0.0372. The number of aryl methyl sites for hydroxylation is 1. The molecule has 0 unspecified atom stereocenters. The number of benzene rings is 2. The van der Waals surface area contributed by atoms with Crippen molar-refractivity contribution in [2.45, 2.75) is 24.8 Å². The summed E-state index contributed by atoms with van der Waals surface area (Å²) < 4.78 is 28.1. The van der Waals surface area contributed by atoms with Crippen LogP contribution in [0, 0.1) is 6.92 Å². The van der Waals surface area contributed by atoms with Crippen LogP contribution in [0.1, 0.15) is 17.5 Å². The van der Waals surface area contributed by atoms with Gasteiger partial charge in [-0.2, -0.15) is 4.31 Å². The van der Waals surface area contributed by atoms with E-state index in [0.29, 0.717) is 13.0 Å². The summed E-state index contributed by atoms with van der Waals surface area (Å²) in [7, 11) is -3.85. The Kier molecular flexibility index (Phi) is 7.97. The highest BCUT2D eigenvalue weighted by molar-refractivity contribution is 9.10. The summed E-state index contributed by atoms with van der Waals surface area (Å²) >= 11 is 3.29. The number of carbonyl (C=O) groups is 1. The van der Waals surface area contributed by atoms with Crippen LogP contribution < -0.4 is 5.32 Å². The van der Waals surface area contributed by atoms with Crippen LogP contribution >= 0.6 is 15.9 Å². The molecule has 6 nitrogen and oxygen atoms in total. The second kappa shape index (κ2) is 9.98. The molecule has 27 heavy (non-hydrogen) atoms. The SMILES string of the molecule is Cc1ccc(CN(CC(=O)NCCCO)S(=O)(=O)c2ccc(Br)cc2)cc1. The van der Waals surface area contributed by atoms with Crippen LogP contribution in [0.25, 0.3) is 0 Å². The Morgan fingerprint density at radius 2 is 1.74 bits per heavy atom. The van der Waals surface area contributed by atoms with Crippen LogP contribution in [-0.2, 0) is 21.4 Å². The van der Waals surface area contributed by atoms with Crippen molar-refractivity contribution >= 4 is 31.9 Å². The van der Waals surface area contributed by atoms with E-state index in [-0.39, 0.29) is 24.6 Å². The Bertz CT molecular complexity index is 852. The number of nitrogens with zero attached hydrogens (tertiary/aromatic N) is 1. The van der Waals surface area contributed by atoms with Gasteiger partial charge < -0.3 is 10.4 Å². The topological polar surface area (TPSA) is 86.7 Å². The average Bonchev–Trinajstić information content (AvgIpc) is 2.63. The normalized spacial score (nSPS) is 11.6. The van der Waals surface area contributed by atoms with E-state index in [9.17, 15) is 13.2 Å². The highest BCUT2D eigenvalue weighted by Gasteiger charge is 2.26. The monoisotopic (exact) mass is 454 g/mol. The van der Waals surface area contributed by atoms with Gasteiger partial charge in [0.15, 0.2) is 0 Å². The van der Waals surface area contributed by atoms with Gasteiger partial charge in [0.05, 0.1) is 11.4 Å². The summed E-state index contributed by atoms with van der Waals surface area (Å²) in [6.07, 6.45) is 0.420. The van der Waals surface area contributed by atoms with Crippen LogP contribution in [0.15, 0.2) is 57.9 Å². The molecule has 1 amide bonds. The first-order chi connectivity index (χ1) is 12.8. The number of rotatable bonds is 9. The molecule has 146 valence electrons. The van der Waals surface area contributed by atoms with E-state index in [4.69, 9.17) is 5.11 Å². The Hall–Kier alpha value is -1.74. The van der Waals surface area contributed by atoms with Crippen molar-refractivity contribution < 1.29 is 18.3 Å². The number of nitrogens with one attached hydrogen (secondary N) is 1. The molecule has 0 spiro atoms. The Balaban J connectivity index is 2.25. The molecule has 0 aliphatic heterocycles. The summed E-state index contributed by atoms with van der Waals surface area (Å²) in [6.45, 7) is 2.01. The van der Waals surface area contributed by atoms with E-state index >= 15 is 0 Å². The van der Waals surface area contributed by atoms with Gasteiger partial charge in [0.25, 0.3) is 0 Å². The van der Waals surface area contributed by atoms with Crippen molar-refractivity contribution in [3.63, 3.8) is 0 Å². The molecule has 2 rings (SSSR count). The first-order valence-electron chi connectivity index (χ1n) is 8.52. The molecule has 0 saturated heterocycles. The molecule has 2 aromatic carbocycles. The van der Waals surface area contributed by atoms with E-state index < -0.39 is 15.9 Å². The lowest BCUT2D eigenvalue weighted by Crippen LogP contribution is -2.40. The van der Waals surface area contributed by atoms with Crippen molar-refractivity contribution in [2.24, 2.45) is 0 Å². The van der Waals surface area contributed by atoms with Crippen molar-refractivity contribution in [3.05, 3.63) is 64.1 Å². The fourth-order valence-corrected chi connectivity index (χ4v) is 4.05. The van der Waals surface area contributed by atoms with Crippen molar-refractivity contribution in [3.8, 4) is 0 Å². The molecular formula is C19H23BrN2O4S. The van der Waals surface area contributed by atoms with Gasteiger partial charge in [-0.05, 0) is 43.2 Å². The minimum Gasteiger partial charge on any atom is -0.396 e. The molecule has 2 N–H and O–H groups in total. The smallest absolute Gasteiger partial charge is 0.243 e. The summed E-state index contributed by atoms with van der Waals surface area (Å²) in [5.41, 5.74) is 1.87. The molecular weight excluding hydrogens is 432 g/mol. The maximum absolute atomic E-state index is 13.1. The molecule has 0 fully saturated rings. The number of carbonyl (C=O) groups excluding carboxylic acids is 1. The zero-order valence-electron chi connectivity index (χ0n) is 15.1. The number of halogens is 1. The Morgan fingerprint density at radius 1 is 1.11 bits per heavy atom. The Morgan fingerprint density at radius 3 is 2.33 bits per heavy atom. The number of aliphatic hydroxyl groups excluding tert-OH is 1. The zero-order valence-corrected chi connectivity index (χ0v) is 17.5. The van der Waals surface area contributed by atoms with Crippen LogP contribution in [-0.4, -0.2) is 43.4 Å². The first-order valence-corrected chi connectivity index (χ1v) is 10.7. The van der Waals surface area contributed by atoms with Gasteiger partial charge in [-0.1, -0.05) is 45.8 Å². The molecule has 0 atom stereocenters. The third kappa shape index (κ3) is 6.42. The molecule has 8 heteroatoms. The largest absolute Gasteiger partial charge is 0.396 e. The van der Waals surface area contributed by atoms with Crippen molar-refractivity contribution in [1.29, 1.82) is 0 Å². The lowest BCUT2D eigenvalue weighted by atomic mass is 10.1. The van der Waals surface area contributed by atoms with E-state index in [1.54, 1.807) is 12.1 Å². The van der Waals surface area contributed by atoms with E-state index in [1.807, 2.05) is 31.2 Å². The summed E-state index contributed by atoms with van der Waals surface area (Å²) in [4.78, 5) is 12.3. The predicted octanol–water partition coefficient (Wildman–Crippen LogP) is 2.45. The summed E-state index contributed by atoms with van der Waals surface area (Å²) in [5.74, 6) is -0.406. The fourth-order valence-electron chi connectivity index (χ4n) is 2.40. The number of aliphatic hydroxyl groups is 1. The Labute approximate surface area is 168 Å². The van der Waals surface area contributed by atoms with Crippen molar-refractivity contribution in [1.82, 2.24) is 9.62 Å². The maximum atomic E-state index is 13.1. The summed E-state index contributed by atoms with van der Waals surface area (Å²) in [6, 6.07) is 13.8. The molecule has 0 radical (unpaired) electrons. The average molecular weight is 455 g/mol. The second-order valence-electron chi connectivity index (χ2n) is 6.14. The third-order valence-corrected chi connectivity index (χ3v) is 6.24. The molecule has 0 saturated carbocycles. The van der Waals surface area contributed by atoms with Crippen molar-refractivity contribution in [2.75, 3.05) is 19.7 Å². The van der Waals surface area contributed by atoms with Gasteiger partial charge in [0, 0.05) is 24.2 Å². The van der Waals surface area contributed by atoms with Crippen LogP contribution in [0.4, 0.5) is 0 Å². The van der Waals surface area contributed by atoms with Gasteiger partial charge in [-0.3, -0.25) is 4.79 Å². The van der Waals surface area contributed by atoms with Gasteiger partial charge in [-0.25, -0.2) is 8.42 Å². The number of sulfonamides is 1. The second-order valence-corrected chi connectivity index (χ2v) is 8.99. The minimum atomic E-state index is -3.85. The van der Waals surface area contributed by atoms with Crippen LogP contribution in [0.5, 0.6) is 0 Å². The van der Waals surface area contributed by atoms with Gasteiger partial charge in [-0.15, -0.1) is 0 Å². The number of hydrogen-bond donors (Lipinski definition) is 2. The van der Waals surface area contributed by atoms with E-state index in [1.165, 1.54) is 12.1 Å². The number of amides is 1. The quantitative estimate of drug-likeness (QED) is 0.569. The first kappa shape index (κ1) is 21.6. The van der Waals surface area contributed by atoms with Gasteiger partial charge in [0.1, 0.15) is 0 Å². The lowest BCUT2D eigenvalue weighted by Gasteiger charge is -2.22. The molecule has 0 aliphatic carbocycles. The van der Waals surface area contributed by atoms with E-state index in [2.05, 4.69) is 21.2 Å². The molecule has 0 bridgehead atoms. The highest BCUT2D eigenvalue weighted by atomic mass is 79.9. The lowest BCUT2D eigenvalue weighted by molar-refractivity contribution is -0.121. The van der Waals surface area contributed by atoms with Gasteiger partial charge in [0.2, 0.25) is 15.9 Å². The van der Waals surface area contributed by atoms with Gasteiger partial charge >= 0.3 is 0 Å². The molecule has 0 aromatic heterocycles. The van der Waals surface area contributed by atoms with Crippen LogP contribution in [0.3, 0.4) is 0 Å². The molecule has 0 aliphatic rings. The highest BCUT2D eigenvalue weighted by Crippen LogP contribution is 2.21. The predicted molar refractivity (Wildman–Crippen MR) is 108 cm³/mol. The molecule has 2 aromatic rings. The molecule has 0 heterocycles. The zero-order chi connectivity index (χ0) is 19.9. The standard InChI is InChI=1S/C19H23BrN2O4S/c1-15-3-5-16(6-4-15)13-22(14-19(24)21-11-2-12-23)27(25,26)18-9-7-17(20)8-10-18/h3-10,23H,2,11-14H2,1H3,(H,21,24). The van der Waals surface area contributed by atoms with E-state index in [0.717, 1.165) is 19.9 Å². The maximum Gasteiger partial charge on any atom is 0.243 e. The number of hydrogen-bond acceptors (Lipinski definition) is 4. The third-order valence-electron chi connectivity index (χ3n) is 3.91. The fraction of sp³-hybridized carbons (Fsp3) is 0.316.